The molecule has 2 rings (SSSR count). The quantitative estimate of drug-likeness (QED) is 0.918. The highest BCUT2D eigenvalue weighted by Gasteiger charge is 2.30. The first-order valence-electron chi connectivity index (χ1n) is 5.74. The van der Waals surface area contributed by atoms with Gasteiger partial charge in [0.05, 0.1) is 18.1 Å². The van der Waals surface area contributed by atoms with Gasteiger partial charge in [0.15, 0.2) is 11.5 Å². The summed E-state index contributed by atoms with van der Waals surface area (Å²) in [5, 5.41) is 9.57. The molecule has 1 N–H and O–H groups in total. The number of hydrogen-bond donors (Lipinski definition) is 1. The fourth-order valence-electron chi connectivity index (χ4n) is 2.13. The first kappa shape index (κ1) is 13.0. The second-order valence-corrected chi connectivity index (χ2v) is 4.86. The number of rotatable bonds is 3. The average molecular weight is 271 g/mol. The molecule has 0 aliphatic carbocycles. The first-order chi connectivity index (χ1) is 8.45. The molecule has 2 unspecified atom stereocenters. The van der Waals surface area contributed by atoms with Crippen LogP contribution in [0.4, 0.5) is 0 Å². The monoisotopic (exact) mass is 270 g/mol. The molecular weight excluding hydrogens is 256 g/mol. The van der Waals surface area contributed by atoms with Gasteiger partial charge in [-0.25, -0.2) is 0 Å². The molecule has 18 heavy (non-hydrogen) atoms. The van der Waals surface area contributed by atoms with Crippen molar-refractivity contribution < 1.29 is 19.4 Å². The van der Waals surface area contributed by atoms with Crippen LogP contribution in [0, 0.1) is 0 Å². The van der Waals surface area contributed by atoms with Gasteiger partial charge in [-0.15, -0.1) is 0 Å². The minimum absolute atomic E-state index is 0.0294. The van der Waals surface area contributed by atoms with Crippen LogP contribution in [0.5, 0.6) is 11.5 Å². The zero-order valence-corrected chi connectivity index (χ0v) is 11.2. The lowest BCUT2D eigenvalue weighted by Crippen LogP contribution is -2.09. The third-order valence-corrected chi connectivity index (χ3v) is 3.62. The Morgan fingerprint density at radius 1 is 1.67 bits per heavy atom. The van der Waals surface area contributed by atoms with Crippen LogP contribution < -0.4 is 9.47 Å². The van der Waals surface area contributed by atoms with Gasteiger partial charge in [0.2, 0.25) is 0 Å². The van der Waals surface area contributed by atoms with Gasteiger partial charge in [-0.2, -0.15) is 0 Å². The lowest BCUT2D eigenvalue weighted by Gasteiger charge is -2.15. The van der Waals surface area contributed by atoms with E-state index in [0.717, 1.165) is 5.56 Å². The summed E-state index contributed by atoms with van der Waals surface area (Å²) in [5.74, 6) is -0.406. The van der Waals surface area contributed by atoms with E-state index >= 15 is 0 Å². The lowest BCUT2D eigenvalue weighted by atomic mass is 9.97. The van der Waals surface area contributed by atoms with Gasteiger partial charge in [-0.1, -0.05) is 11.6 Å². The van der Waals surface area contributed by atoms with Crippen molar-refractivity contribution in [3.63, 3.8) is 0 Å². The molecule has 0 aromatic heterocycles. The predicted octanol–water partition coefficient (Wildman–Crippen LogP) is 2.86. The van der Waals surface area contributed by atoms with Crippen LogP contribution in [-0.2, 0) is 11.2 Å². The first-order valence-corrected chi connectivity index (χ1v) is 6.12. The van der Waals surface area contributed by atoms with Gasteiger partial charge in [0, 0.05) is 12.0 Å². The summed E-state index contributed by atoms with van der Waals surface area (Å²) >= 11 is 6.29. The number of fused-ring (bicyclic) bond motifs is 1. The molecule has 0 spiro atoms. The van der Waals surface area contributed by atoms with Crippen LogP contribution in [0.1, 0.15) is 30.9 Å². The number of carboxylic acids is 1. The van der Waals surface area contributed by atoms with Crippen molar-refractivity contribution in [2.24, 2.45) is 0 Å². The maximum absolute atomic E-state index is 11.1. The summed E-state index contributed by atoms with van der Waals surface area (Å²) in [6, 6.07) is 1.65. The molecule has 0 saturated carbocycles. The Hall–Kier alpha value is -1.42. The van der Waals surface area contributed by atoms with Crippen LogP contribution in [0.15, 0.2) is 6.07 Å². The smallest absolute Gasteiger partial charge is 0.310 e. The van der Waals surface area contributed by atoms with E-state index in [4.69, 9.17) is 26.2 Å². The normalized spacial score (nSPS) is 19.0. The molecule has 98 valence electrons. The molecule has 0 saturated heterocycles. The molecule has 0 amide bonds. The standard InChI is InChI=1S/C13H15ClO4/c1-6-4-9-11(14)8(7(2)13(15)16)5-10(17-3)12(9)18-6/h5-7H,4H2,1-3H3,(H,15,16). The summed E-state index contributed by atoms with van der Waals surface area (Å²) in [4.78, 5) is 11.1. The van der Waals surface area contributed by atoms with Crippen molar-refractivity contribution in [2.75, 3.05) is 7.11 Å². The summed E-state index contributed by atoms with van der Waals surface area (Å²) in [5.41, 5.74) is 1.41. The van der Waals surface area contributed by atoms with Gasteiger partial charge in [-0.05, 0) is 25.5 Å². The van der Waals surface area contributed by atoms with Crippen molar-refractivity contribution in [1.29, 1.82) is 0 Å². The Bertz CT molecular complexity index is 498. The number of methoxy groups -OCH3 is 1. The molecule has 0 radical (unpaired) electrons. The molecule has 1 aromatic carbocycles. The van der Waals surface area contributed by atoms with E-state index < -0.39 is 11.9 Å². The summed E-state index contributed by atoms with van der Waals surface area (Å²) in [6.07, 6.45) is 0.701. The SMILES string of the molecule is COc1cc(C(C)C(=O)O)c(Cl)c2c1OC(C)C2. The van der Waals surface area contributed by atoms with Crippen molar-refractivity contribution in [1.82, 2.24) is 0 Å². The van der Waals surface area contributed by atoms with Gasteiger partial charge in [0.25, 0.3) is 0 Å². The van der Waals surface area contributed by atoms with E-state index in [-0.39, 0.29) is 6.10 Å². The maximum Gasteiger partial charge on any atom is 0.310 e. The van der Waals surface area contributed by atoms with Gasteiger partial charge >= 0.3 is 5.97 Å². The minimum atomic E-state index is -0.911. The lowest BCUT2D eigenvalue weighted by molar-refractivity contribution is -0.138. The number of halogens is 1. The van der Waals surface area contributed by atoms with Crippen molar-refractivity contribution in [3.05, 3.63) is 22.2 Å². The topological polar surface area (TPSA) is 55.8 Å². The van der Waals surface area contributed by atoms with E-state index in [9.17, 15) is 4.79 Å². The molecule has 1 heterocycles. The van der Waals surface area contributed by atoms with E-state index in [1.54, 1.807) is 13.0 Å². The Morgan fingerprint density at radius 3 is 2.89 bits per heavy atom. The highest BCUT2D eigenvalue weighted by atomic mass is 35.5. The van der Waals surface area contributed by atoms with Crippen LogP contribution >= 0.6 is 11.6 Å². The molecule has 1 aromatic rings. The van der Waals surface area contributed by atoms with E-state index in [0.29, 0.717) is 28.5 Å². The summed E-state index contributed by atoms with van der Waals surface area (Å²) < 4.78 is 10.9. The fourth-order valence-corrected chi connectivity index (χ4v) is 2.52. The van der Waals surface area contributed by atoms with Gasteiger partial charge in [-0.3, -0.25) is 4.79 Å². The number of carboxylic acid groups (broad SMARTS) is 1. The molecule has 5 heteroatoms. The number of ether oxygens (including phenoxy) is 2. The predicted molar refractivity (Wildman–Crippen MR) is 67.8 cm³/mol. The van der Waals surface area contributed by atoms with Crippen LogP contribution in [0.2, 0.25) is 5.02 Å². The number of hydrogen-bond acceptors (Lipinski definition) is 3. The highest BCUT2D eigenvalue weighted by Crippen LogP contribution is 2.45. The van der Waals surface area contributed by atoms with Crippen LogP contribution in [0.25, 0.3) is 0 Å². The van der Waals surface area contributed by atoms with Crippen molar-refractivity contribution in [2.45, 2.75) is 32.3 Å². The van der Waals surface area contributed by atoms with Gasteiger partial charge < -0.3 is 14.6 Å². The van der Waals surface area contributed by atoms with Crippen molar-refractivity contribution in [3.8, 4) is 11.5 Å². The number of carbonyl (C=O) groups is 1. The second-order valence-electron chi connectivity index (χ2n) is 4.48. The second kappa shape index (κ2) is 4.69. The zero-order valence-electron chi connectivity index (χ0n) is 10.5. The molecule has 0 bridgehead atoms. The zero-order chi connectivity index (χ0) is 13.4. The molecule has 0 fully saturated rings. The number of benzene rings is 1. The van der Waals surface area contributed by atoms with E-state index in [1.165, 1.54) is 7.11 Å². The molecule has 1 aliphatic rings. The maximum atomic E-state index is 11.1. The summed E-state index contributed by atoms with van der Waals surface area (Å²) in [7, 11) is 1.53. The molecule has 2 atom stereocenters. The Labute approximate surface area is 110 Å². The molecule has 1 aliphatic heterocycles. The third kappa shape index (κ3) is 2.01. The van der Waals surface area contributed by atoms with Gasteiger partial charge in [0.1, 0.15) is 6.10 Å². The Balaban J connectivity index is 2.58. The third-order valence-electron chi connectivity index (χ3n) is 3.17. The number of aliphatic carboxylic acids is 1. The van der Waals surface area contributed by atoms with Crippen LogP contribution in [-0.4, -0.2) is 24.3 Å². The van der Waals surface area contributed by atoms with E-state index in [1.807, 2.05) is 6.92 Å². The Morgan fingerprint density at radius 2 is 2.33 bits per heavy atom. The molecular formula is C13H15ClO4. The largest absolute Gasteiger partial charge is 0.493 e. The van der Waals surface area contributed by atoms with Crippen molar-refractivity contribution >= 4 is 17.6 Å². The fraction of sp³-hybridized carbons (Fsp3) is 0.462. The average Bonchev–Trinajstić information content (AvgIpc) is 2.71. The van der Waals surface area contributed by atoms with E-state index in [2.05, 4.69) is 0 Å². The molecule has 4 nitrogen and oxygen atoms in total. The summed E-state index contributed by atoms with van der Waals surface area (Å²) in [6.45, 7) is 3.55. The van der Waals surface area contributed by atoms with Crippen LogP contribution in [0.3, 0.4) is 0 Å². The minimum Gasteiger partial charge on any atom is -0.493 e. The Kier molecular flexibility index (Phi) is 3.39. The highest BCUT2D eigenvalue weighted by molar-refractivity contribution is 6.32.